The molecule has 2 aromatic rings. The number of ether oxygens (including phenoxy) is 1. The standard InChI is InChI=1S/C25H35O5P/c1-4-6-19-29-31(27,30-20-7-5-2)21-18-25(28-3,23-16-12-9-13-17-23)24(26)22-14-10-8-11-15-22/h8-17H,4-7,18-21H2,1-3H3. The van der Waals surface area contributed by atoms with Crippen LogP contribution in [0.4, 0.5) is 0 Å². The fraction of sp³-hybridized carbons (Fsp3) is 0.480. The zero-order valence-electron chi connectivity index (χ0n) is 18.9. The molecule has 170 valence electrons. The van der Waals surface area contributed by atoms with Crippen LogP contribution in [0, 0.1) is 0 Å². The smallest absolute Gasteiger partial charge is 0.330 e. The quantitative estimate of drug-likeness (QED) is 0.175. The molecule has 1 unspecified atom stereocenters. The van der Waals surface area contributed by atoms with Gasteiger partial charge in [-0.25, -0.2) is 0 Å². The highest BCUT2D eigenvalue weighted by Gasteiger charge is 2.43. The van der Waals surface area contributed by atoms with Crippen LogP contribution in [0.5, 0.6) is 0 Å². The minimum atomic E-state index is -3.37. The summed E-state index contributed by atoms with van der Waals surface area (Å²) in [4.78, 5) is 13.6. The number of benzene rings is 2. The van der Waals surface area contributed by atoms with Gasteiger partial charge in [-0.2, -0.15) is 0 Å². The molecule has 0 radical (unpaired) electrons. The monoisotopic (exact) mass is 446 g/mol. The van der Waals surface area contributed by atoms with Crippen molar-refractivity contribution >= 4 is 13.4 Å². The summed E-state index contributed by atoms with van der Waals surface area (Å²) in [6, 6.07) is 18.4. The highest BCUT2D eigenvalue weighted by atomic mass is 31.2. The predicted molar refractivity (Wildman–Crippen MR) is 125 cm³/mol. The molecule has 0 saturated heterocycles. The van der Waals surface area contributed by atoms with Crippen LogP contribution in [0.1, 0.15) is 61.9 Å². The lowest BCUT2D eigenvalue weighted by Crippen LogP contribution is -2.39. The Morgan fingerprint density at radius 1 is 0.871 bits per heavy atom. The Balaban J connectivity index is 2.34. The first-order valence-corrected chi connectivity index (χ1v) is 12.8. The first-order valence-electron chi connectivity index (χ1n) is 11.1. The van der Waals surface area contributed by atoms with E-state index in [0.717, 1.165) is 31.2 Å². The third-order valence-electron chi connectivity index (χ3n) is 5.30. The van der Waals surface area contributed by atoms with Gasteiger partial charge in [0.2, 0.25) is 0 Å². The third kappa shape index (κ3) is 7.11. The Labute approximate surface area is 186 Å². The van der Waals surface area contributed by atoms with Gasteiger partial charge in [-0.05, 0) is 24.8 Å². The molecule has 0 fully saturated rings. The summed E-state index contributed by atoms with van der Waals surface area (Å²) < 4.78 is 30.9. The van der Waals surface area contributed by atoms with E-state index in [1.54, 1.807) is 12.1 Å². The maximum atomic E-state index is 13.6. The van der Waals surface area contributed by atoms with Crippen LogP contribution in [0.2, 0.25) is 0 Å². The van der Waals surface area contributed by atoms with Crippen molar-refractivity contribution in [2.24, 2.45) is 0 Å². The number of hydrogen-bond donors (Lipinski definition) is 0. The number of Topliss-reactive ketones (excluding diaryl/α,β-unsaturated/α-hetero) is 1. The molecular formula is C25H35O5P. The van der Waals surface area contributed by atoms with Gasteiger partial charge in [0.15, 0.2) is 11.4 Å². The Morgan fingerprint density at radius 3 is 1.87 bits per heavy atom. The molecule has 0 aliphatic heterocycles. The van der Waals surface area contributed by atoms with Gasteiger partial charge in [0.1, 0.15) is 0 Å². The lowest BCUT2D eigenvalue weighted by molar-refractivity contribution is -0.00390. The van der Waals surface area contributed by atoms with E-state index >= 15 is 0 Å². The molecule has 0 heterocycles. The molecule has 0 aromatic heterocycles. The van der Waals surface area contributed by atoms with Crippen molar-refractivity contribution in [3.05, 3.63) is 71.8 Å². The number of hydrogen-bond acceptors (Lipinski definition) is 5. The van der Waals surface area contributed by atoms with Crippen molar-refractivity contribution in [2.45, 2.75) is 51.6 Å². The molecule has 0 spiro atoms. The second-order valence-electron chi connectivity index (χ2n) is 7.55. The number of unbranched alkanes of at least 4 members (excludes halogenated alkanes) is 2. The maximum Gasteiger partial charge on any atom is 0.330 e. The summed E-state index contributed by atoms with van der Waals surface area (Å²) in [7, 11) is -1.85. The average Bonchev–Trinajstić information content (AvgIpc) is 2.81. The van der Waals surface area contributed by atoms with Gasteiger partial charge >= 0.3 is 7.60 Å². The number of carbonyl (C=O) groups excluding carboxylic acids is 1. The van der Waals surface area contributed by atoms with Gasteiger partial charge in [-0.1, -0.05) is 87.4 Å². The van der Waals surface area contributed by atoms with E-state index in [1.165, 1.54) is 7.11 Å². The summed E-state index contributed by atoms with van der Waals surface area (Å²) in [5.41, 5.74) is -0.0117. The Bertz CT molecular complexity index is 810. The molecule has 0 bridgehead atoms. The highest BCUT2D eigenvalue weighted by Crippen LogP contribution is 2.51. The van der Waals surface area contributed by atoms with E-state index in [9.17, 15) is 9.36 Å². The zero-order valence-corrected chi connectivity index (χ0v) is 19.8. The van der Waals surface area contributed by atoms with E-state index in [0.29, 0.717) is 18.8 Å². The molecular weight excluding hydrogens is 411 g/mol. The first-order chi connectivity index (χ1) is 15.0. The minimum Gasteiger partial charge on any atom is -0.365 e. The van der Waals surface area contributed by atoms with Crippen LogP contribution in [-0.4, -0.2) is 32.3 Å². The van der Waals surface area contributed by atoms with E-state index in [-0.39, 0.29) is 18.4 Å². The van der Waals surface area contributed by atoms with Gasteiger partial charge in [0, 0.05) is 12.7 Å². The largest absolute Gasteiger partial charge is 0.365 e. The average molecular weight is 447 g/mol. The number of ketones is 1. The second-order valence-corrected chi connectivity index (χ2v) is 9.74. The Hall–Kier alpha value is -1.78. The van der Waals surface area contributed by atoms with Gasteiger partial charge < -0.3 is 13.8 Å². The lowest BCUT2D eigenvalue weighted by Gasteiger charge is -2.33. The molecule has 6 heteroatoms. The van der Waals surface area contributed by atoms with Crippen molar-refractivity contribution < 1.29 is 23.1 Å². The fourth-order valence-electron chi connectivity index (χ4n) is 3.39. The summed E-state index contributed by atoms with van der Waals surface area (Å²) in [5, 5.41) is 0. The van der Waals surface area contributed by atoms with Gasteiger partial charge in [0.05, 0.1) is 19.4 Å². The van der Waals surface area contributed by atoms with Crippen LogP contribution >= 0.6 is 7.60 Å². The van der Waals surface area contributed by atoms with E-state index in [1.807, 2.05) is 48.5 Å². The number of methoxy groups -OCH3 is 1. The zero-order chi connectivity index (χ0) is 22.6. The van der Waals surface area contributed by atoms with Crippen LogP contribution in [0.15, 0.2) is 60.7 Å². The lowest BCUT2D eigenvalue weighted by atomic mass is 9.83. The minimum absolute atomic E-state index is 0.0989. The molecule has 0 saturated carbocycles. The summed E-state index contributed by atoms with van der Waals surface area (Å²) >= 11 is 0. The molecule has 0 aliphatic rings. The predicted octanol–water partition coefficient (Wildman–Crippen LogP) is 6.63. The Morgan fingerprint density at radius 2 is 1.39 bits per heavy atom. The Kier molecular flexibility index (Phi) is 10.6. The topological polar surface area (TPSA) is 61.8 Å². The molecule has 31 heavy (non-hydrogen) atoms. The summed E-state index contributed by atoms with van der Waals surface area (Å²) in [5.74, 6) is -0.171. The molecule has 0 aliphatic carbocycles. The van der Waals surface area contributed by atoms with Gasteiger partial charge in [-0.3, -0.25) is 9.36 Å². The van der Waals surface area contributed by atoms with Gasteiger partial charge in [0.25, 0.3) is 0 Å². The molecule has 2 aromatic carbocycles. The first kappa shape index (κ1) is 25.5. The third-order valence-corrected chi connectivity index (χ3v) is 7.22. The van der Waals surface area contributed by atoms with Crippen molar-refractivity contribution in [1.82, 2.24) is 0 Å². The number of rotatable bonds is 15. The second kappa shape index (κ2) is 12.9. The van der Waals surface area contributed by atoms with E-state index in [4.69, 9.17) is 13.8 Å². The van der Waals surface area contributed by atoms with Crippen molar-refractivity contribution in [1.29, 1.82) is 0 Å². The van der Waals surface area contributed by atoms with Crippen LogP contribution in [-0.2, 0) is 24.0 Å². The number of carbonyl (C=O) groups is 1. The molecule has 0 N–H and O–H groups in total. The van der Waals surface area contributed by atoms with Crippen LogP contribution in [0.25, 0.3) is 0 Å². The fourth-order valence-corrected chi connectivity index (χ4v) is 5.12. The molecule has 0 amide bonds. The molecule has 1 atom stereocenters. The SMILES string of the molecule is CCCCOP(=O)(CCC(OC)(C(=O)c1ccccc1)c1ccccc1)OCCCC. The highest BCUT2D eigenvalue weighted by molar-refractivity contribution is 7.53. The van der Waals surface area contributed by atoms with E-state index < -0.39 is 13.2 Å². The van der Waals surface area contributed by atoms with Crippen molar-refractivity contribution in [3.63, 3.8) is 0 Å². The summed E-state index contributed by atoms with van der Waals surface area (Å²) in [6.07, 6.45) is 3.77. The van der Waals surface area contributed by atoms with Crippen LogP contribution in [0.3, 0.4) is 0 Å². The van der Waals surface area contributed by atoms with Crippen molar-refractivity contribution in [3.8, 4) is 0 Å². The van der Waals surface area contributed by atoms with E-state index in [2.05, 4.69) is 13.8 Å². The molecule has 5 nitrogen and oxygen atoms in total. The van der Waals surface area contributed by atoms with Crippen molar-refractivity contribution in [2.75, 3.05) is 26.5 Å². The normalized spacial score (nSPS) is 13.6. The van der Waals surface area contributed by atoms with Crippen LogP contribution < -0.4 is 0 Å². The summed E-state index contributed by atoms with van der Waals surface area (Å²) in [6.45, 7) is 4.85. The van der Waals surface area contributed by atoms with Gasteiger partial charge in [-0.15, -0.1) is 0 Å². The molecule has 2 rings (SSSR count). The maximum absolute atomic E-state index is 13.6.